The summed E-state index contributed by atoms with van der Waals surface area (Å²) in [6.45, 7) is 4.76. The van der Waals surface area contributed by atoms with Crippen LogP contribution < -0.4 is 5.73 Å². The molecule has 0 aromatic carbocycles. The van der Waals surface area contributed by atoms with Gasteiger partial charge in [-0.2, -0.15) is 5.26 Å². The fraction of sp³-hybridized carbons (Fsp3) is 0.846. The average Bonchev–Trinajstić information content (AvgIpc) is 2.97. The van der Waals surface area contributed by atoms with E-state index in [1.54, 1.807) is 20.8 Å². The number of hydrogen-bond donors (Lipinski definition) is 1. The molecule has 1 amide bonds. The summed E-state index contributed by atoms with van der Waals surface area (Å²) in [6.07, 6.45) is 1.59. The maximum absolute atomic E-state index is 12.3. The Kier molecular flexibility index (Phi) is 3.59. The molecule has 2 rings (SSSR count). The van der Waals surface area contributed by atoms with Gasteiger partial charge in [0.25, 0.3) is 0 Å². The molecule has 20 heavy (non-hydrogen) atoms. The lowest BCUT2D eigenvalue weighted by molar-refractivity contribution is -0.133. The molecule has 1 aliphatic heterocycles. The number of nitriles is 1. The van der Waals surface area contributed by atoms with Gasteiger partial charge in [-0.3, -0.25) is 4.79 Å². The zero-order valence-corrected chi connectivity index (χ0v) is 12.9. The van der Waals surface area contributed by atoms with E-state index in [2.05, 4.69) is 6.07 Å². The van der Waals surface area contributed by atoms with Crippen LogP contribution in [0.4, 0.5) is 0 Å². The minimum Gasteiger partial charge on any atom is -0.322 e. The van der Waals surface area contributed by atoms with E-state index in [-0.39, 0.29) is 11.8 Å². The fourth-order valence-electron chi connectivity index (χ4n) is 2.64. The molecule has 2 N–H and O–H groups in total. The number of carbonyl (C=O) groups is 1. The van der Waals surface area contributed by atoms with Gasteiger partial charge in [-0.1, -0.05) is 0 Å². The van der Waals surface area contributed by atoms with E-state index < -0.39 is 32.6 Å². The summed E-state index contributed by atoms with van der Waals surface area (Å²) < 4.78 is 23.3. The van der Waals surface area contributed by atoms with Gasteiger partial charge in [0.1, 0.15) is 6.04 Å². The van der Waals surface area contributed by atoms with Crippen LogP contribution in [0.25, 0.3) is 0 Å². The van der Waals surface area contributed by atoms with Crippen LogP contribution in [0.5, 0.6) is 0 Å². The molecule has 0 aromatic heterocycles. The second kappa shape index (κ2) is 4.71. The lowest BCUT2D eigenvalue weighted by atomic mass is 10.2. The van der Waals surface area contributed by atoms with Crippen molar-refractivity contribution in [2.24, 2.45) is 11.7 Å². The molecule has 0 unspecified atom stereocenters. The summed E-state index contributed by atoms with van der Waals surface area (Å²) in [5.41, 5.74) is 5.80. The SMILES string of the molecule is CC(C)(C)S(=O)(=O)C[C@H](N)C(=O)N1[C@H](C#N)C[C@@H]2C[C@@H]21. The number of likely N-dealkylation sites (tertiary alicyclic amines) is 1. The Hall–Kier alpha value is -1.13. The van der Waals surface area contributed by atoms with E-state index in [0.29, 0.717) is 12.3 Å². The molecule has 7 heteroatoms. The third-order valence-electron chi connectivity index (χ3n) is 4.16. The fourth-order valence-corrected chi connectivity index (χ4v) is 3.75. The van der Waals surface area contributed by atoms with Crippen molar-refractivity contribution in [3.8, 4) is 6.07 Å². The Morgan fingerprint density at radius 3 is 2.55 bits per heavy atom. The van der Waals surface area contributed by atoms with Crippen LogP contribution in [-0.4, -0.2) is 47.9 Å². The molecule has 0 radical (unpaired) electrons. The van der Waals surface area contributed by atoms with Crippen molar-refractivity contribution in [2.75, 3.05) is 5.75 Å². The quantitative estimate of drug-likeness (QED) is 0.792. The minimum atomic E-state index is -3.46. The maximum atomic E-state index is 12.3. The summed E-state index contributed by atoms with van der Waals surface area (Å²) in [5.74, 6) is -0.383. The van der Waals surface area contributed by atoms with Crippen molar-refractivity contribution >= 4 is 15.7 Å². The Labute approximate surface area is 119 Å². The second-order valence-corrected chi connectivity index (χ2v) is 9.48. The van der Waals surface area contributed by atoms with Crippen LogP contribution in [0.15, 0.2) is 0 Å². The number of hydrogen-bond acceptors (Lipinski definition) is 5. The zero-order chi connectivity index (χ0) is 15.3. The van der Waals surface area contributed by atoms with Crippen molar-refractivity contribution in [1.29, 1.82) is 5.26 Å². The van der Waals surface area contributed by atoms with Gasteiger partial charge in [-0.15, -0.1) is 0 Å². The third-order valence-corrected chi connectivity index (χ3v) is 6.82. The molecular weight excluding hydrogens is 278 g/mol. The van der Waals surface area contributed by atoms with Gasteiger partial charge in [0.2, 0.25) is 5.91 Å². The number of carbonyl (C=O) groups excluding carboxylic acids is 1. The second-order valence-electron chi connectivity index (χ2n) is 6.69. The van der Waals surface area contributed by atoms with Crippen molar-refractivity contribution in [3.63, 3.8) is 0 Å². The first-order valence-electron chi connectivity index (χ1n) is 6.78. The van der Waals surface area contributed by atoms with E-state index in [9.17, 15) is 13.2 Å². The number of nitrogens with two attached hydrogens (primary N) is 1. The first-order valence-corrected chi connectivity index (χ1v) is 8.43. The van der Waals surface area contributed by atoms with Crippen LogP contribution in [0.2, 0.25) is 0 Å². The van der Waals surface area contributed by atoms with Gasteiger partial charge in [0, 0.05) is 6.04 Å². The van der Waals surface area contributed by atoms with Crippen LogP contribution in [0, 0.1) is 17.2 Å². The highest BCUT2D eigenvalue weighted by molar-refractivity contribution is 7.92. The Morgan fingerprint density at radius 1 is 1.45 bits per heavy atom. The summed E-state index contributed by atoms with van der Waals surface area (Å²) in [7, 11) is -3.46. The topological polar surface area (TPSA) is 104 Å². The lowest BCUT2D eigenvalue weighted by Gasteiger charge is -2.27. The summed E-state index contributed by atoms with van der Waals surface area (Å²) >= 11 is 0. The van der Waals surface area contributed by atoms with Gasteiger partial charge in [0.15, 0.2) is 9.84 Å². The molecule has 112 valence electrons. The standard InChI is InChI=1S/C13H21N3O3S/c1-13(2,3)20(18,19)7-10(15)12(17)16-9(6-14)4-8-5-11(8)16/h8-11H,4-5,7,15H2,1-3H3/t8-,9+,10+,11+/m1/s1. The molecule has 1 aliphatic carbocycles. The van der Waals surface area contributed by atoms with Gasteiger partial charge < -0.3 is 10.6 Å². The molecule has 6 nitrogen and oxygen atoms in total. The predicted molar refractivity (Wildman–Crippen MR) is 74.3 cm³/mol. The number of fused-ring (bicyclic) bond motifs is 1. The number of piperidine rings is 1. The number of sulfone groups is 1. The maximum Gasteiger partial charge on any atom is 0.241 e. The molecule has 4 atom stereocenters. The molecule has 1 saturated heterocycles. The number of nitrogens with zero attached hydrogens (tertiary/aromatic N) is 2. The highest BCUT2D eigenvalue weighted by Crippen LogP contribution is 2.47. The highest BCUT2D eigenvalue weighted by Gasteiger charge is 2.55. The summed E-state index contributed by atoms with van der Waals surface area (Å²) in [6, 6.07) is 0.659. The molecule has 0 spiro atoms. The zero-order valence-electron chi connectivity index (χ0n) is 12.0. The van der Waals surface area contributed by atoms with Crippen LogP contribution in [0.1, 0.15) is 33.6 Å². The smallest absolute Gasteiger partial charge is 0.241 e. The molecular formula is C13H21N3O3S. The van der Waals surface area contributed by atoms with Crippen molar-refractivity contribution in [1.82, 2.24) is 4.90 Å². The number of amides is 1. The van der Waals surface area contributed by atoms with E-state index in [4.69, 9.17) is 11.0 Å². The predicted octanol–water partition coefficient (Wildman–Crippen LogP) is 0.0400. The van der Waals surface area contributed by atoms with Crippen LogP contribution in [-0.2, 0) is 14.6 Å². The van der Waals surface area contributed by atoms with Gasteiger partial charge in [0.05, 0.1) is 22.6 Å². The highest BCUT2D eigenvalue weighted by atomic mass is 32.2. The van der Waals surface area contributed by atoms with Gasteiger partial charge in [-0.05, 0) is 39.5 Å². The average molecular weight is 299 g/mol. The van der Waals surface area contributed by atoms with E-state index in [1.807, 2.05) is 0 Å². The van der Waals surface area contributed by atoms with Crippen molar-refractivity contribution in [3.05, 3.63) is 0 Å². The lowest BCUT2D eigenvalue weighted by Crippen LogP contribution is -2.51. The van der Waals surface area contributed by atoms with E-state index in [0.717, 1.165) is 6.42 Å². The summed E-state index contributed by atoms with van der Waals surface area (Å²) in [5, 5.41) is 9.06. The largest absolute Gasteiger partial charge is 0.322 e. The van der Waals surface area contributed by atoms with Crippen LogP contribution >= 0.6 is 0 Å². The minimum absolute atomic E-state index is 0.0931. The summed E-state index contributed by atoms with van der Waals surface area (Å²) in [4.78, 5) is 13.8. The molecule has 1 heterocycles. The Morgan fingerprint density at radius 2 is 2.05 bits per heavy atom. The first kappa shape index (κ1) is 15.3. The third kappa shape index (κ3) is 2.54. The first-order chi connectivity index (χ1) is 9.08. The molecule has 2 aliphatic rings. The molecule has 0 bridgehead atoms. The van der Waals surface area contributed by atoms with Crippen molar-refractivity contribution in [2.45, 2.75) is 56.5 Å². The normalized spacial score (nSPS) is 30.6. The van der Waals surface area contributed by atoms with Crippen LogP contribution in [0.3, 0.4) is 0 Å². The monoisotopic (exact) mass is 299 g/mol. The van der Waals surface area contributed by atoms with E-state index in [1.165, 1.54) is 4.90 Å². The molecule has 0 aromatic rings. The Balaban J connectivity index is 2.09. The number of rotatable bonds is 3. The molecule has 1 saturated carbocycles. The van der Waals surface area contributed by atoms with Crippen molar-refractivity contribution < 1.29 is 13.2 Å². The Bertz CT molecular complexity index is 558. The van der Waals surface area contributed by atoms with E-state index >= 15 is 0 Å². The van der Waals surface area contributed by atoms with Gasteiger partial charge >= 0.3 is 0 Å². The molecule has 2 fully saturated rings. The van der Waals surface area contributed by atoms with Gasteiger partial charge in [-0.25, -0.2) is 8.42 Å².